The van der Waals surface area contributed by atoms with Gasteiger partial charge in [-0.2, -0.15) is 10.4 Å². The van der Waals surface area contributed by atoms with E-state index in [4.69, 9.17) is 15.7 Å². The summed E-state index contributed by atoms with van der Waals surface area (Å²) in [4.78, 5) is 0. The van der Waals surface area contributed by atoms with E-state index < -0.39 is 0 Å². The van der Waals surface area contributed by atoms with Crippen molar-refractivity contribution in [3.8, 4) is 23.2 Å². The lowest BCUT2D eigenvalue weighted by atomic mass is 10.0. The number of nitrogens with zero attached hydrogens (tertiary/aromatic N) is 3. The third kappa shape index (κ3) is 1.74. The average Bonchev–Trinajstić information content (AvgIpc) is 2.76. The van der Waals surface area contributed by atoms with Crippen LogP contribution in [0.1, 0.15) is 5.56 Å². The Kier molecular flexibility index (Phi) is 2.50. The first-order valence-corrected chi connectivity index (χ1v) is 5.88. The molecule has 1 aromatic heterocycles. The fourth-order valence-corrected chi connectivity index (χ4v) is 2.19. The van der Waals surface area contributed by atoms with Crippen LogP contribution in [0, 0.1) is 11.3 Å². The minimum Gasteiger partial charge on any atom is -0.422 e. The number of ether oxygens (including phenoxy) is 1. The molecular weight excluding hydrogens is 240 g/mol. The number of nitriles is 1. The standard InChI is InChI=1S/C14H12N4O/c1-18-14-11(7-10(8-15)13(16)19-14)12(17-18)9-5-3-2-4-6-9/h2-6H,7,16H2,1H3. The molecule has 19 heavy (non-hydrogen) atoms. The molecule has 3 rings (SSSR count). The van der Waals surface area contributed by atoms with Gasteiger partial charge in [-0.3, -0.25) is 0 Å². The molecule has 0 fully saturated rings. The van der Waals surface area contributed by atoms with E-state index in [2.05, 4.69) is 11.2 Å². The van der Waals surface area contributed by atoms with Crippen molar-refractivity contribution in [3.05, 3.63) is 47.4 Å². The van der Waals surface area contributed by atoms with Crippen LogP contribution in [0.4, 0.5) is 0 Å². The van der Waals surface area contributed by atoms with Crippen LogP contribution >= 0.6 is 0 Å². The van der Waals surface area contributed by atoms with Gasteiger partial charge in [0.1, 0.15) is 6.07 Å². The largest absolute Gasteiger partial charge is 0.422 e. The quantitative estimate of drug-likeness (QED) is 0.838. The molecule has 0 radical (unpaired) electrons. The first-order valence-electron chi connectivity index (χ1n) is 5.88. The van der Waals surface area contributed by atoms with Crippen molar-refractivity contribution in [1.82, 2.24) is 9.78 Å². The smallest absolute Gasteiger partial charge is 0.223 e. The summed E-state index contributed by atoms with van der Waals surface area (Å²) >= 11 is 0. The van der Waals surface area contributed by atoms with E-state index in [1.807, 2.05) is 30.3 Å². The zero-order valence-electron chi connectivity index (χ0n) is 10.4. The molecule has 0 atom stereocenters. The van der Waals surface area contributed by atoms with Crippen LogP contribution in [0.3, 0.4) is 0 Å². The molecule has 5 nitrogen and oxygen atoms in total. The topological polar surface area (TPSA) is 76.9 Å². The summed E-state index contributed by atoms with van der Waals surface area (Å²) in [5.41, 5.74) is 8.89. The third-order valence-corrected chi connectivity index (χ3v) is 3.13. The van der Waals surface area contributed by atoms with E-state index >= 15 is 0 Å². The van der Waals surface area contributed by atoms with E-state index in [0.29, 0.717) is 17.9 Å². The number of aryl methyl sites for hydroxylation is 1. The Morgan fingerprint density at radius 1 is 1.37 bits per heavy atom. The Hall–Kier alpha value is -2.74. The van der Waals surface area contributed by atoms with Crippen molar-refractivity contribution in [1.29, 1.82) is 5.26 Å². The molecule has 0 unspecified atom stereocenters. The second-order valence-electron chi connectivity index (χ2n) is 4.36. The van der Waals surface area contributed by atoms with Crippen molar-refractivity contribution in [2.75, 3.05) is 0 Å². The highest BCUT2D eigenvalue weighted by atomic mass is 16.5. The van der Waals surface area contributed by atoms with Crippen LogP contribution in [0.25, 0.3) is 11.3 Å². The summed E-state index contributed by atoms with van der Waals surface area (Å²) in [6.07, 6.45) is 0.454. The summed E-state index contributed by atoms with van der Waals surface area (Å²) < 4.78 is 7.16. The van der Waals surface area contributed by atoms with E-state index in [1.54, 1.807) is 11.7 Å². The van der Waals surface area contributed by atoms with Crippen molar-refractivity contribution >= 4 is 0 Å². The maximum absolute atomic E-state index is 9.06. The monoisotopic (exact) mass is 252 g/mol. The lowest BCUT2D eigenvalue weighted by molar-refractivity contribution is 0.362. The Labute approximate surface area is 110 Å². The van der Waals surface area contributed by atoms with Crippen molar-refractivity contribution < 1.29 is 4.74 Å². The number of allylic oxidation sites excluding steroid dienone is 1. The zero-order valence-corrected chi connectivity index (χ0v) is 10.4. The number of hydrogen-bond donors (Lipinski definition) is 1. The van der Waals surface area contributed by atoms with Crippen LogP contribution < -0.4 is 10.5 Å². The molecule has 0 spiro atoms. The summed E-state index contributed by atoms with van der Waals surface area (Å²) in [5, 5.41) is 13.5. The normalized spacial score (nSPS) is 13.7. The second-order valence-corrected chi connectivity index (χ2v) is 4.36. The highest BCUT2D eigenvalue weighted by molar-refractivity contribution is 5.67. The van der Waals surface area contributed by atoms with Gasteiger partial charge < -0.3 is 10.5 Å². The zero-order chi connectivity index (χ0) is 13.4. The minimum atomic E-state index is 0.164. The molecular formula is C14H12N4O. The fraction of sp³-hybridized carbons (Fsp3) is 0.143. The molecule has 0 saturated heterocycles. The lowest BCUT2D eigenvalue weighted by Gasteiger charge is -2.15. The van der Waals surface area contributed by atoms with Gasteiger partial charge >= 0.3 is 0 Å². The first kappa shape index (κ1) is 11.4. The predicted molar refractivity (Wildman–Crippen MR) is 69.8 cm³/mol. The van der Waals surface area contributed by atoms with Gasteiger partial charge in [0, 0.05) is 24.6 Å². The van der Waals surface area contributed by atoms with Gasteiger partial charge in [0.05, 0.1) is 11.3 Å². The van der Waals surface area contributed by atoms with Gasteiger partial charge in [-0.25, -0.2) is 4.68 Å². The molecule has 5 heteroatoms. The third-order valence-electron chi connectivity index (χ3n) is 3.13. The molecule has 94 valence electrons. The first-order chi connectivity index (χ1) is 9.20. The van der Waals surface area contributed by atoms with Crippen LogP contribution in [0.5, 0.6) is 5.88 Å². The molecule has 0 aliphatic carbocycles. The lowest BCUT2D eigenvalue weighted by Crippen LogP contribution is -2.17. The number of benzene rings is 1. The Morgan fingerprint density at radius 2 is 2.11 bits per heavy atom. The maximum Gasteiger partial charge on any atom is 0.223 e. The van der Waals surface area contributed by atoms with Crippen molar-refractivity contribution in [2.24, 2.45) is 12.8 Å². The maximum atomic E-state index is 9.06. The molecule has 2 aromatic rings. The summed E-state index contributed by atoms with van der Waals surface area (Å²) in [6.45, 7) is 0. The molecule has 0 amide bonds. The highest BCUT2D eigenvalue weighted by Gasteiger charge is 2.26. The van der Waals surface area contributed by atoms with Gasteiger partial charge in [-0.05, 0) is 0 Å². The Balaban J connectivity index is 2.15. The van der Waals surface area contributed by atoms with Crippen LogP contribution in [-0.2, 0) is 13.5 Å². The molecule has 2 heterocycles. The Morgan fingerprint density at radius 3 is 2.79 bits per heavy atom. The molecule has 0 saturated carbocycles. The van der Waals surface area contributed by atoms with E-state index in [0.717, 1.165) is 16.8 Å². The number of aromatic nitrogens is 2. The number of rotatable bonds is 1. The summed E-state index contributed by atoms with van der Waals surface area (Å²) in [7, 11) is 1.80. The van der Waals surface area contributed by atoms with Crippen LogP contribution in [0.2, 0.25) is 0 Å². The Bertz CT molecular complexity index is 707. The SMILES string of the molecule is Cn1nc(-c2ccccc2)c2c1OC(N)=C(C#N)C2. The number of nitrogens with two attached hydrogens (primary N) is 1. The highest BCUT2D eigenvalue weighted by Crippen LogP contribution is 2.35. The number of fused-ring (bicyclic) bond motifs is 1. The number of hydrogen-bond acceptors (Lipinski definition) is 4. The van der Waals surface area contributed by atoms with Gasteiger partial charge in [0.2, 0.25) is 11.8 Å². The van der Waals surface area contributed by atoms with Gasteiger partial charge in [-0.15, -0.1) is 0 Å². The van der Waals surface area contributed by atoms with Gasteiger partial charge in [-0.1, -0.05) is 30.3 Å². The van der Waals surface area contributed by atoms with E-state index in [9.17, 15) is 0 Å². The molecule has 1 aliphatic rings. The average molecular weight is 252 g/mol. The molecule has 1 aliphatic heterocycles. The summed E-state index contributed by atoms with van der Waals surface area (Å²) in [5.74, 6) is 0.771. The van der Waals surface area contributed by atoms with Crippen molar-refractivity contribution in [2.45, 2.75) is 6.42 Å². The van der Waals surface area contributed by atoms with Crippen LogP contribution in [0.15, 0.2) is 41.8 Å². The van der Waals surface area contributed by atoms with Gasteiger partial charge in [0.25, 0.3) is 0 Å². The molecule has 1 aromatic carbocycles. The predicted octanol–water partition coefficient (Wildman–Crippen LogP) is 1.72. The van der Waals surface area contributed by atoms with Gasteiger partial charge in [0.15, 0.2) is 0 Å². The van der Waals surface area contributed by atoms with E-state index in [1.165, 1.54) is 0 Å². The van der Waals surface area contributed by atoms with Crippen molar-refractivity contribution in [3.63, 3.8) is 0 Å². The summed E-state index contributed by atoms with van der Waals surface area (Å²) in [6, 6.07) is 11.9. The molecule has 0 bridgehead atoms. The van der Waals surface area contributed by atoms with Crippen LogP contribution in [-0.4, -0.2) is 9.78 Å². The second kappa shape index (κ2) is 4.18. The molecule has 2 N–H and O–H groups in total. The minimum absolute atomic E-state index is 0.164. The fourth-order valence-electron chi connectivity index (χ4n) is 2.19. The van der Waals surface area contributed by atoms with E-state index in [-0.39, 0.29) is 5.88 Å².